The van der Waals surface area contributed by atoms with Gasteiger partial charge in [0.15, 0.2) is 0 Å². The van der Waals surface area contributed by atoms with Gasteiger partial charge in [0.25, 0.3) is 0 Å². The summed E-state index contributed by atoms with van der Waals surface area (Å²) in [6.45, 7) is 6.40. The molecule has 0 saturated heterocycles. The van der Waals surface area contributed by atoms with Crippen LogP contribution in [0.4, 0.5) is 0 Å². The Hall–Kier alpha value is -1.39. The third kappa shape index (κ3) is 4.32. The van der Waals surface area contributed by atoms with Crippen molar-refractivity contribution in [3.63, 3.8) is 0 Å². The van der Waals surface area contributed by atoms with E-state index < -0.39 is 0 Å². The van der Waals surface area contributed by atoms with Gasteiger partial charge in [-0.1, -0.05) is 38.1 Å². The number of carbonyl (C=O) groups is 1. The molecule has 0 bridgehead atoms. The molecular formula is C16H23NO3. The summed E-state index contributed by atoms with van der Waals surface area (Å²) in [5, 5.41) is 3.22. The SMILES string of the molecule is CC(C)COCCOC(=O)[C@@H]1Cc2ccccc2CN1. The standard InChI is InChI=1S/C16H23NO3/c1-12(2)11-19-7-8-20-16(18)15-9-13-5-3-4-6-14(13)10-17-15/h3-6,12,15,17H,7-11H2,1-2H3/t15-/m0/s1. The van der Waals surface area contributed by atoms with Crippen LogP contribution in [0.3, 0.4) is 0 Å². The molecule has 1 N–H and O–H groups in total. The van der Waals surface area contributed by atoms with Gasteiger partial charge in [-0.25, -0.2) is 0 Å². The van der Waals surface area contributed by atoms with Crippen molar-refractivity contribution in [1.29, 1.82) is 0 Å². The molecule has 110 valence electrons. The first-order chi connectivity index (χ1) is 9.66. The van der Waals surface area contributed by atoms with Crippen molar-refractivity contribution in [2.45, 2.75) is 32.9 Å². The Labute approximate surface area is 120 Å². The Morgan fingerprint density at radius 3 is 2.80 bits per heavy atom. The number of esters is 1. The Morgan fingerprint density at radius 1 is 1.30 bits per heavy atom. The summed E-state index contributed by atoms with van der Waals surface area (Å²) in [5.41, 5.74) is 2.49. The molecule has 0 aliphatic carbocycles. The van der Waals surface area contributed by atoms with Crippen LogP contribution in [-0.4, -0.2) is 31.8 Å². The van der Waals surface area contributed by atoms with E-state index in [-0.39, 0.29) is 12.0 Å². The Bertz CT molecular complexity index is 445. The molecule has 1 aliphatic rings. The Balaban J connectivity index is 1.72. The number of hydrogen-bond acceptors (Lipinski definition) is 4. The quantitative estimate of drug-likeness (QED) is 0.637. The van der Waals surface area contributed by atoms with Crippen LogP contribution < -0.4 is 5.32 Å². The lowest BCUT2D eigenvalue weighted by Crippen LogP contribution is -2.43. The molecule has 0 radical (unpaired) electrons. The molecule has 4 heteroatoms. The van der Waals surface area contributed by atoms with E-state index in [0.717, 1.165) is 6.54 Å². The molecule has 0 unspecified atom stereocenters. The second-order valence-electron chi connectivity index (χ2n) is 5.54. The third-order valence-electron chi connectivity index (χ3n) is 3.29. The molecule has 1 atom stereocenters. The normalized spacial score (nSPS) is 17.9. The van der Waals surface area contributed by atoms with Crippen LogP contribution in [0.25, 0.3) is 0 Å². The second-order valence-corrected chi connectivity index (χ2v) is 5.54. The van der Waals surface area contributed by atoms with Crippen molar-refractivity contribution >= 4 is 5.97 Å². The third-order valence-corrected chi connectivity index (χ3v) is 3.29. The highest BCUT2D eigenvalue weighted by atomic mass is 16.6. The number of rotatable bonds is 6. The summed E-state index contributed by atoms with van der Waals surface area (Å²) in [4.78, 5) is 12.0. The molecule has 1 aromatic carbocycles. The van der Waals surface area contributed by atoms with Crippen LogP contribution >= 0.6 is 0 Å². The fourth-order valence-electron chi connectivity index (χ4n) is 2.24. The highest BCUT2D eigenvalue weighted by Crippen LogP contribution is 2.16. The monoisotopic (exact) mass is 277 g/mol. The van der Waals surface area contributed by atoms with Crippen molar-refractivity contribution in [2.75, 3.05) is 19.8 Å². The largest absolute Gasteiger partial charge is 0.462 e. The minimum absolute atomic E-state index is 0.187. The van der Waals surface area contributed by atoms with Gasteiger partial charge in [-0.3, -0.25) is 4.79 Å². The highest BCUT2D eigenvalue weighted by molar-refractivity contribution is 5.76. The molecule has 0 saturated carbocycles. The molecule has 0 fully saturated rings. The fraction of sp³-hybridized carbons (Fsp3) is 0.562. The van der Waals surface area contributed by atoms with Gasteiger partial charge in [-0.2, -0.15) is 0 Å². The van der Waals surface area contributed by atoms with Crippen LogP contribution in [0, 0.1) is 5.92 Å². The number of ether oxygens (including phenoxy) is 2. The van der Waals surface area contributed by atoms with Crippen molar-refractivity contribution in [3.8, 4) is 0 Å². The van der Waals surface area contributed by atoms with Crippen LogP contribution in [0.5, 0.6) is 0 Å². The maximum absolute atomic E-state index is 12.0. The fourth-order valence-corrected chi connectivity index (χ4v) is 2.24. The first-order valence-corrected chi connectivity index (χ1v) is 7.21. The van der Waals surface area contributed by atoms with E-state index in [4.69, 9.17) is 9.47 Å². The highest BCUT2D eigenvalue weighted by Gasteiger charge is 2.24. The van der Waals surface area contributed by atoms with Crippen molar-refractivity contribution in [2.24, 2.45) is 5.92 Å². The Morgan fingerprint density at radius 2 is 2.05 bits per heavy atom. The predicted molar refractivity (Wildman–Crippen MR) is 77.4 cm³/mol. The molecule has 2 rings (SSSR count). The van der Waals surface area contributed by atoms with Gasteiger partial charge in [0.05, 0.1) is 6.61 Å². The predicted octanol–water partition coefficient (Wildman–Crippen LogP) is 1.92. The maximum atomic E-state index is 12.0. The number of fused-ring (bicyclic) bond motifs is 1. The average molecular weight is 277 g/mol. The molecule has 1 heterocycles. The molecule has 0 aromatic heterocycles. The Kier molecular flexibility index (Phi) is 5.56. The second kappa shape index (κ2) is 7.41. The van der Waals surface area contributed by atoms with Crippen LogP contribution in [0.15, 0.2) is 24.3 Å². The number of hydrogen-bond donors (Lipinski definition) is 1. The molecular weight excluding hydrogens is 254 g/mol. The average Bonchev–Trinajstić information content (AvgIpc) is 2.46. The summed E-state index contributed by atoms with van der Waals surface area (Å²) in [7, 11) is 0. The van der Waals surface area contributed by atoms with E-state index in [2.05, 4.69) is 31.3 Å². The van der Waals surface area contributed by atoms with Crippen molar-refractivity contribution in [1.82, 2.24) is 5.32 Å². The lowest BCUT2D eigenvalue weighted by Gasteiger charge is -2.24. The summed E-state index contributed by atoms with van der Waals surface area (Å²) in [5.74, 6) is 0.315. The topological polar surface area (TPSA) is 47.6 Å². The first kappa shape index (κ1) is 15.0. The summed E-state index contributed by atoms with van der Waals surface area (Å²) in [6.07, 6.45) is 0.696. The minimum Gasteiger partial charge on any atom is -0.462 e. The molecule has 1 aliphatic heterocycles. The minimum atomic E-state index is -0.241. The molecule has 1 aromatic rings. The van der Waals surface area contributed by atoms with Gasteiger partial charge in [0, 0.05) is 13.2 Å². The van der Waals surface area contributed by atoms with Crippen LogP contribution in [-0.2, 0) is 27.2 Å². The van der Waals surface area contributed by atoms with Crippen molar-refractivity contribution in [3.05, 3.63) is 35.4 Å². The molecule has 0 spiro atoms. The van der Waals surface area contributed by atoms with Crippen LogP contribution in [0.2, 0.25) is 0 Å². The summed E-state index contributed by atoms with van der Waals surface area (Å²) in [6, 6.07) is 7.94. The number of benzene rings is 1. The van der Waals surface area contributed by atoms with Gasteiger partial charge < -0.3 is 14.8 Å². The van der Waals surface area contributed by atoms with E-state index in [1.165, 1.54) is 11.1 Å². The lowest BCUT2D eigenvalue weighted by molar-refractivity contribution is -0.148. The first-order valence-electron chi connectivity index (χ1n) is 7.21. The van der Waals surface area contributed by atoms with Gasteiger partial charge >= 0.3 is 5.97 Å². The molecule has 4 nitrogen and oxygen atoms in total. The zero-order valence-corrected chi connectivity index (χ0v) is 12.2. The number of carbonyl (C=O) groups excluding carboxylic acids is 1. The van der Waals surface area contributed by atoms with E-state index >= 15 is 0 Å². The van der Waals surface area contributed by atoms with Gasteiger partial charge in [0.1, 0.15) is 12.6 Å². The van der Waals surface area contributed by atoms with Crippen LogP contribution in [0.1, 0.15) is 25.0 Å². The maximum Gasteiger partial charge on any atom is 0.323 e. The molecule has 20 heavy (non-hydrogen) atoms. The van der Waals surface area contributed by atoms with Gasteiger partial charge in [-0.15, -0.1) is 0 Å². The lowest BCUT2D eigenvalue weighted by atomic mass is 9.96. The number of nitrogens with one attached hydrogen (secondary N) is 1. The zero-order valence-electron chi connectivity index (χ0n) is 12.2. The molecule has 0 amide bonds. The van der Waals surface area contributed by atoms with E-state index in [1.54, 1.807) is 0 Å². The summed E-state index contributed by atoms with van der Waals surface area (Å²) >= 11 is 0. The zero-order chi connectivity index (χ0) is 14.4. The smallest absolute Gasteiger partial charge is 0.323 e. The van der Waals surface area contributed by atoms with E-state index in [9.17, 15) is 4.79 Å². The van der Waals surface area contributed by atoms with Gasteiger partial charge in [0.2, 0.25) is 0 Å². The van der Waals surface area contributed by atoms with E-state index in [1.807, 2.05) is 12.1 Å². The van der Waals surface area contributed by atoms with Crippen molar-refractivity contribution < 1.29 is 14.3 Å². The van der Waals surface area contributed by atoms with Gasteiger partial charge in [-0.05, 0) is 23.5 Å². The van der Waals surface area contributed by atoms with E-state index in [0.29, 0.717) is 32.2 Å². The summed E-state index contributed by atoms with van der Waals surface area (Å²) < 4.78 is 10.6.